The molecule has 1 aliphatic carbocycles. The number of fused-ring (bicyclic) bond motifs is 1. The molecule has 0 bridgehead atoms. The molecule has 0 unspecified atom stereocenters. The minimum Gasteiger partial charge on any atom is -0.486 e. The molecule has 1 heterocycles. The first-order valence-electron chi connectivity index (χ1n) is 10.6. The number of hydrogen-bond acceptors (Lipinski definition) is 4. The number of nitrogens with one attached hydrogen (secondary N) is 1. The number of carbonyl (C=O) groups is 1. The first-order valence-corrected chi connectivity index (χ1v) is 10.6. The summed E-state index contributed by atoms with van der Waals surface area (Å²) in [4.78, 5) is 10.7. The first-order chi connectivity index (χ1) is 14.1. The van der Waals surface area contributed by atoms with Crippen molar-refractivity contribution in [1.29, 1.82) is 0 Å². The van der Waals surface area contributed by atoms with Crippen molar-refractivity contribution in [2.24, 2.45) is 0 Å². The van der Waals surface area contributed by atoms with E-state index >= 15 is 0 Å². The van der Waals surface area contributed by atoms with Gasteiger partial charge in [0.15, 0.2) is 11.5 Å². The quantitative estimate of drug-likeness (QED) is 0.724. The van der Waals surface area contributed by atoms with Crippen molar-refractivity contribution in [3.63, 3.8) is 0 Å². The third-order valence-corrected chi connectivity index (χ3v) is 6.06. The highest BCUT2D eigenvalue weighted by atomic mass is 16.6. The number of para-hydroxylation sites is 1. The maximum absolute atomic E-state index is 10.7. The van der Waals surface area contributed by atoms with E-state index in [1.807, 2.05) is 12.1 Å². The van der Waals surface area contributed by atoms with E-state index in [9.17, 15) is 4.79 Å². The maximum Gasteiger partial charge on any atom is 0.303 e. The second kappa shape index (κ2) is 8.87. The Labute approximate surface area is 172 Å². The molecule has 0 amide bonds. The fourth-order valence-electron chi connectivity index (χ4n) is 4.52. The van der Waals surface area contributed by atoms with E-state index in [1.54, 1.807) is 0 Å². The van der Waals surface area contributed by atoms with Crippen LogP contribution in [0, 0.1) is 0 Å². The molecular formula is C24H29NO4. The van der Waals surface area contributed by atoms with Crippen molar-refractivity contribution in [3.8, 4) is 11.5 Å². The number of carboxylic acid groups (broad SMARTS) is 1. The number of carboxylic acids is 1. The van der Waals surface area contributed by atoms with Crippen molar-refractivity contribution in [2.75, 3.05) is 13.2 Å². The lowest BCUT2D eigenvalue weighted by Gasteiger charge is -2.26. The van der Waals surface area contributed by atoms with Crippen LogP contribution in [0.15, 0.2) is 42.5 Å². The van der Waals surface area contributed by atoms with Crippen LogP contribution in [0.3, 0.4) is 0 Å². The van der Waals surface area contributed by atoms with Crippen LogP contribution in [-0.2, 0) is 11.2 Å². The molecule has 29 heavy (non-hydrogen) atoms. The molecule has 5 heteroatoms. The van der Waals surface area contributed by atoms with E-state index in [0.717, 1.165) is 35.5 Å². The second-order valence-corrected chi connectivity index (χ2v) is 8.10. The van der Waals surface area contributed by atoms with Gasteiger partial charge in [0.1, 0.15) is 13.2 Å². The predicted molar refractivity (Wildman–Crippen MR) is 112 cm³/mol. The molecule has 2 aromatic carbocycles. The van der Waals surface area contributed by atoms with Gasteiger partial charge in [0, 0.05) is 24.1 Å². The van der Waals surface area contributed by atoms with Crippen LogP contribution in [-0.4, -0.2) is 30.3 Å². The average Bonchev–Trinajstić information content (AvgIpc) is 3.20. The highest BCUT2D eigenvalue weighted by Gasteiger charge is 2.28. The predicted octanol–water partition coefficient (Wildman–Crippen LogP) is 4.46. The van der Waals surface area contributed by atoms with E-state index in [0.29, 0.717) is 31.6 Å². The lowest BCUT2D eigenvalue weighted by molar-refractivity contribution is -0.136. The molecule has 0 saturated heterocycles. The van der Waals surface area contributed by atoms with Crippen molar-refractivity contribution in [1.82, 2.24) is 5.32 Å². The summed E-state index contributed by atoms with van der Waals surface area (Å²) in [5.74, 6) is 1.53. The number of ether oxygens (including phenoxy) is 2. The van der Waals surface area contributed by atoms with Gasteiger partial charge in [-0.25, -0.2) is 0 Å². The molecular weight excluding hydrogens is 366 g/mol. The molecule has 1 fully saturated rings. The number of benzene rings is 2. The van der Waals surface area contributed by atoms with E-state index in [4.69, 9.17) is 14.6 Å². The summed E-state index contributed by atoms with van der Waals surface area (Å²) in [6.45, 7) is 3.40. The fourth-order valence-corrected chi connectivity index (χ4v) is 4.52. The number of aliphatic carboxylic acids is 1. The third-order valence-electron chi connectivity index (χ3n) is 6.06. The van der Waals surface area contributed by atoms with Crippen LogP contribution in [0.1, 0.15) is 61.3 Å². The molecule has 5 nitrogen and oxygen atoms in total. The Kier molecular flexibility index (Phi) is 6.05. The minimum atomic E-state index is -0.746. The zero-order valence-electron chi connectivity index (χ0n) is 16.9. The molecule has 154 valence electrons. The van der Waals surface area contributed by atoms with Crippen molar-refractivity contribution >= 4 is 5.97 Å². The zero-order valence-corrected chi connectivity index (χ0v) is 16.9. The van der Waals surface area contributed by atoms with Gasteiger partial charge in [-0.2, -0.15) is 0 Å². The first kappa shape index (κ1) is 19.8. The van der Waals surface area contributed by atoms with Gasteiger partial charge in [-0.15, -0.1) is 0 Å². The molecule has 1 saturated carbocycles. The third kappa shape index (κ3) is 4.73. The molecule has 0 spiro atoms. The summed E-state index contributed by atoms with van der Waals surface area (Å²) in [6.07, 6.45) is 4.22. The van der Waals surface area contributed by atoms with Gasteiger partial charge < -0.3 is 19.9 Å². The van der Waals surface area contributed by atoms with Crippen LogP contribution in [0.5, 0.6) is 11.5 Å². The normalized spacial score (nSPS) is 21.7. The summed E-state index contributed by atoms with van der Waals surface area (Å²) in [6, 6.07) is 15.3. The van der Waals surface area contributed by atoms with Crippen LogP contribution in [0.2, 0.25) is 0 Å². The summed E-state index contributed by atoms with van der Waals surface area (Å²) in [5.41, 5.74) is 3.61. The zero-order chi connectivity index (χ0) is 20.2. The van der Waals surface area contributed by atoms with Crippen LogP contribution in [0.25, 0.3) is 0 Å². The maximum atomic E-state index is 10.7. The molecule has 2 N–H and O–H groups in total. The Bertz CT molecular complexity index is 848. The highest BCUT2D eigenvalue weighted by Crippen LogP contribution is 2.39. The minimum absolute atomic E-state index is 0.185. The summed E-state index contributed by atoms with van der Waals surface area (Å²) in [7, 11) is 0. The van der Waals surface area contributed by atoms with Crippen molar-refractivity contribution < 1.29 is 19.4 Å². The SMILES string of the molecule is C[C@@H](N[C@H]1CC[C@H](c2ccc(CCC(=O)O)cc2)C1)c1cccc2c1OCCO2. The van der Waals surface area contributed by atoms with Crippen LogP contribution < -0.4 is 14.8 Å². The topological polar surface area (TPSA) is 67.8 Å². The van der Waals surface area contributed by atoms with Gasteiger partial charge in [0.05, 0.1) is 0 Å². The Morgan fingerprint density at radius 2 is 1.93 bits per heavy atom. The van der Waals surface area contributed by atoms with Crippen LogP contribution in [0.4, 0.5) is 0 Å². The summed E-state index contributed by atoms with van der Waals surface area (Å²) in [5, 5.41) is 12.6. The van der Waals surface area contributed by atoms with E-state index < -0.39 is 5.97 Å². The number of hydrogen-bond donors (Lipinski definition) is 2. The standard InChI is InChI=1S/C24H29NO4/c1-16(21-3-2-4-22-24(21)29-14-13-28-22)25-20-11-10-19(15-20)18-8-5-17(6-9-18)7-12-23(26)27/h2-6,8-9,16,19-20,25H,7,10-15H2,1H3,(H,26,27)/t16-,19+,20+/m1/s1. The number of rotatable bonds is 7. The van der Waals surface area contributed by atoms with Crippen LogP contribution >= 0.6 is 0 Å². The highest BCUT2D eigenvalue weighted by molar-refractivity contribution is 5.67. The van der Waals surface area contributed by atoms with Gasteiger partial charge in [-0.05, 0) is 55.7 Å². The lowest BCUT2D eigenvalue weighted by atomic mass is 9.95. The second-order valence-electron chi connectivity index (χ2n) is 8.10. The summed E-state index contributed by atoms with van der Waals surface area (Å²) < 4.78 is 11.6. The summed E-state index contributed by atoms with van der Waals surface area (Å²) >= 11 is 0. The Hall–Kier alpha value is -2.53. The van der Waals surface area contributed by atoms with E-state index in [1.165, 1.54) is 12.0 Å². The Balaban J connectivity index is 1.35. The molecule has 4 rings (SSSR count). The van der Waals surface area contributed by atoms with Crippen molar-refractivity contribution in [3.05, 3.63) is 59.2 Å². The monoisotopic (exact) mass is 395 g/mol. The van der Waals surface area contributed by atoms with Gasteiger partial charge in [0.25, 0.3) is 0 Å². The Morgan fingerprint density at radius 1 is 1.14 bits per heavy atom. The van der Waals surface area contributed by atoms with E-state index in [2.05, 4.69) is 42.6 Å². The Morgan fingerprint density at radius 3 is 2.72 bits per heavy atom. The van der Waals surface area contributed by atoms with Gasteiger partial charge in [0.2, 0.25) is 0 Å². The fraction of sp³-hybridized carbons (Fsp3) is 0.458. The van der Waals surface area contributed by atoms with Gasteiger partial charge in [-0.1, -0.05) is 36.4 Å². The molecule has 0 aromatic heterocycles. The largest absolute Gasteiger partial charge is 0.486 e. The van der Waals surface area contributed by atoms with E-state index in [-0.39, 0.29) is 12.5 Å². The molecule has 3 atom stereocenters. The molecule has 0 radical (unpaired) electrons. The lowest BCUT2D eigenvalue weighted by Crippen LogP contribution is -2.30. The van der Waals surface area contributed by atoms with Gasteiger partial charge in [-0.3, -0.25) is 4.79 Å². The molecule has 2 aromatic rings. The molecule has 2 aliphatic rings. The molecule has 1 aliphatic heterocycles. The average molecular weight is 395 g/mol. The van der Waals surface area contributed by atoms with Gasteiger partial charge >= 0.3 is 5.97 Å². The number of aryl methyl sites for hydroxylation is 1. The smallest absolute Gasteiger partial charge is 0.303 e. The van der Waals surface area contributed by atoms with Crippen molar-refractivity contribution in [2.45, 2.75) is 57.0 Å².